The van der Waals surface area contributed by atoms with Crippen molar-refractivity contribution in [3.63, 3.8) is 0 Å². The second kappa shape index (κ2) is 6.68. The van der Waals surface area contributed by atoms with Crippen LogP contribution in [0.15, 0.2) is 10.9 Å². The van der Waals surface area contributed by atoms with E-state index >= 15 is 0 Å². The number of rotatable bonds is 5. The summed E-state index contributed by atoms with van der Waals surface area (Å²) in [7, 11) is 0. The lowest BCUT2D eigenvalue weighted by atomic mass is 10.1. The van der Waals surface area contributed by atoms with Gasteiger partial charge in [-0.1, -0.05) is 0 Å². The van der Waals surface area contributed by atoms with Crippen LogP contribution < -0.4 is 16.2 Å². The highest BCUT2D eigenvalue weighted by atomic mass is 16.5. The number of aromatic amines is 1. The Kier molecular flexibility index (Phi) is 4.93. The smallest absolute Gasteiger partial charge is 0.252 e. The Morgan fingerprint density at radius 1 is 1.53 bits per heavy atom. The van der Waals surface area contributed by atoms with Gasteiger partial charge in [0.05, 0.1) is 6.10 Å². The first-order valence-corrected chi connectivity index (χ1v) is 6.83. The van der Waals surface area contributed by atoms with Crippen molar-refractivity contribution in [1.29, 1.82) is 0 Å². The SMILES string of the molecule is Cc1nc(N2CCC(OCCCN)CC2)cc(=O)[nH]1. The minimum Gasteiger partial charge on any atom is -0.378 e. The lowest BCUT2D eigenvalue weighted by Gasteiger charge is -2.32. The third-order valence-electron chi connectivity index (χ3n) is 3.31. The molecule has 2 heterocycles. The highest BCUT2D eigenvalue weighted by Crippen LogP contribution is 2.18. The zero-order valence-corrected chi connectivity index (χ0v) is 11.4. The lowest BCUT2D eigenvalue weighted by molar-refractivity contribution is 0.0365. The molecule has 1 aromatic rings. The quantitative estimate of drug-likeness (QED) is 0.754. The third-order valence-corrected chi connectivity index (χ3v) is 3.31. The van der Waals surface area contributed by atoms with Crippen LogP contribution in [-0.4, -0.2) is 42.3 Å². The van der Waals surface area contributed by atoms with E-state index in [4.69, 9.17) is 10.5 Å². The molecule has 2 rings (SSSR count). The molecule has 106 valence electrons. The van der Waals surface area contributed by atoms with Crippen LogP contribution in [-0.2, 0) is 4.74 Å². The van der Waals surface area contributed by atoms with Crippen molar-refractivity contribution in [3.05, 3.63) is 22.2 Å². The monoisotopic (exact) mass is 266 g/mol. The first-order chi connectivity index (χ1) is 9.19. The van der Waals surface area contributed by atoms with Gasteiger partial charge in [-0.15, -0.1) is 0 Å². The molecule has 0 saturated carbocycles. The van der Waals surface area contributed by atoms with E-state index in [-0.39, 0.29) is 5.56 Å². The maximum absolute atomic E-state index is 11.4. The molecular formula is C13H22N4O2. The number of nitrogens with one attached hydrogen (secondary N) is 1. The fraction of sp³-hybridized carbons (Fsp3) is 0.692. The molecule has 0 spiro atoms. The summed E-state index contributed by atoms with van der Waals surface area (Å²) in [5, 5.41) is 0. The summed E-state index contributed by atoms with van der Waals surface area (Å²) in [6.45, 7) is 4.97. The molecule has 0 unspecified atom stereocenters. The summed E-state index contributed by atoms with van der Waals surface area (Å²) in [4.78, 5) is 20.6. The van der Waals surface area contributed by atoms with Gasteiger partial charge in [-0.25, -0.2) is 4.98 Å². The number of aromatic nitrogens is 2. The summed E-state index contributed by atoms with van der Waals surface area (Å²) in [6, 6.07) is 1.56. The summed E-state index contributed by atoms with van der Waals surface area (Å²) in [5.74, 6) is 1.42. The first-order valence-electron chi connectivity index (χ1n) is 6.83. The minimum absolute atomic E-state index is 0.0937. The van der Waals surface area contributed by atoms with E-state index in [1.165, 1.54) is 0 Å². The molecule has 1 aromatic heterocycles. The predicted molar refractivity (Wildman–Crippen MR) is 74.5 cm³/mol. The molecule has 19 heavy (non-hydrogen) atoms. The molecule has 1 fully saturated rings. The topological polar surface area (TPSA) is 84.2 Å². The zero-order chi connectivity index (χ0) is 13.7. The van der Waals surface area contributed by atoms with Crippen molar-refractivity contribution in [1.82, 2.24) is 9.97 Å². The van der Waals surface area contributed by atoms with Crippen LogP contribution in [0.1, 0.15) is 25.1 Å². The molecular weight excluding hydrogens is 244 g/mol. The average molecular weight is 266 g/mol. The van der Waals surface area contributed by atoms with E-state index in [0.29, 0.717) is 18.5 Å². The molecule has 6 nitrogen and oxygen atoms in total. The molecule has 3 N–H and O–H groups in total. The van der Waals surface area contributed by atoms with Gasteiger partial charge >= 0.3 is 0 Å². The third kappa shape index (κ3) is 4.04. The lowest BCUT2D eigenvalue weighted by Crippen LogP contribution is -2.38. The van der Waals surface area contributed by atoms with Crippen molar-refractivity contribution < 1.29 is 4.74 Å². The van der Waals surface area contributed by atoms with Gasteiger partial charge in [0.25, 0.3) is 5.56 Å². The van der Waals surface area contributed by atoms with Crippen molar-refractivity contribution in [2.45, 2.75) is 32.3 Å². The van der Waals surface area contributed by atoms with Crippen LogP contribution in [0, 0.1) is 6.92 Å². The Hall–Kier alpha value is -1.40. The molecule has 0 aliphatic carbocycles. The maximum atomic E-state index is 11.4. The Bertz CT molecular complexity index is 452. The summed E-state index contributed by atoms with van der Waals surface area (Å²) in [6.07, 6.45) is 3.16. The van der Waals surface area contributed by atoms with Crippen LogP contribution >= 0.6 is 0 Å². The summed E-state index contributed by atoms with van der Waals surface area (Å²) >= 11 is 0. The average Bonchev–Trinajstić information content (AvgIpc) is 2.39. The molecule has 1 aliphatic heterocycles. The van der Waals surface area contributed by atoms with Crippen LogP contribution in [0.3, 0.4) is 0 Å². The maximum Gasteiger partial charge on any atom is 0.252 e. The molecule has 0 bridgehead atoms. The van der Waals surface area contributed by atoms with Gasteiger partial charge in [0, 0.05) is 25.8 Å². The van der Waals surface area contributed by atoms with Crippen molar-refractivity contribution in [3.8, 4) is 0 Å². The van der Waals surface area contributed by atoms with Gasteiger partial charge in [0.2, 0.25) is 0 Å². The van der Waals surface area contributed by atoms with Crippen molar-refractivity contribution in [2.24, 2.45) is 5.73 Å². The van der Waals surface area contributed by atoms with E-state index in [0.717, 1.165) is 44.8 Å². The number of piperidine rings is 1. The number of nitrogens with two attached hydrogens (primary N) is 1. The highest BCUT2D eigenvalue weighted by molar-refractivity contribution is 5.37. The Labute approximate surface area is 113 Å². The number of hydrogen-bond donors (Lipinski definition) is 2. The molecule has 6 heteroatoms. The highest BCUT2D eigenvalue weighted by Gasteiger charge is 2.20. The Morgan fingerprint density at radius 2 is 2.26 bits per heavy atom. The number of nitrogens with zero attached hydrogens (tertiary/aromatic N) is 2. The predicted octanol–water partition coefficient (Wildman–Crippen LogP) is 0.413. The van der Waals surface area contributed by atoms with E-state index < -0.39 is 0 Å². The number of H-pyrrole nitrogens is 1. The molecule has 1 saturated heterocycles. The zero-order valence-electron chi connectivity index (χ0n) is 11.4. The number of aryl methyl sites for hydroxylation is 1. The number of hydrogen-bond acceptors (Lipinski definition) is 5. The molecule has 0 atom stereocenters. The molecule has 0 radical (unpaired) electrons. The number of anilines is 1. The second-order valence-electron chi connectivity index (χ2n) is 4.89. The standard InChI is InChI=1S/C13H22N4O2/c1-10-15-12(9-13(18)16-10)17-6-3-11(4-7-17)19-8-2-5-14/h9,11H,2-8,14H2,1H3,(H,15,16,18). The summed E-state index contributed by atoms with van der Waals surface area (Å²) in [5.41, 5.74) is 5.35. The van der Waals surface area contributed by atoms with Crippen LogP contribution in [0.2, 0.25) is 0 Å². The van der Waals surface area contributed by atoms with Crippen LogP contribution in [0.5, 0.6) is 0 Å². The van der Waals surface area contributed by atoms with Gasteiger partial charge in [-0.05, 0) is 32.7 Å². The normalized spacial score (nSPS) is 16.8. The van der Waals surface area contributed by atoms with Crippen LogP contribution in [0.4, 0.5) is 5.82 Å². The summed E-state index contributed by atoms with van der Waals surface area (Å²) < 4.78 is 5.76. The fourth-order valence-electron chi connectivity index (χ4n) is 2.31. The Morgan fingerprint density at radius 3 is 2.89 bits per heavy atom. The van der Waals surface area contributed by atoms with Gasteiger partial charge in [-0.2, -0.15) is 0 Å². The van der Waals surface area contributed by atoms with E-state index in [1.807, 2.05) is 0 Å². The van der Waals surface area contributed by atoms with Gasteiger partial charge in [0.1, 0.15) is 11.6 Å². The fourth-order valence-corrected chi connectivity index (χ4v) is 2.31. The largest absolute Gasteiger partial charge is 0.378 e. The van der Waals surface area contributed by atoms with Gasteiger partial charge < -0.3 is 20.4 Å². The molecule has 1 aliphatic rings. The van der Waals surface area contributed by atoms with Gasteiger partial charge in [-0.3, -0.25) is 4.79 Å². The molecule has 0 amide bonds. The number of ether oxygens (including phenoxy) is 1. The van der Waals surface area contributed by atoms with E-state index in [1.54, 1.807) is 13.0 Å². The van der Waals surface area contributed by atoms with Crippen LogP contribution in [0.25, 0.3) is 0 Å². The van der Waals surface area contributed by atoms with Crippen molar-refractivity contribution >= 4 is 5.82 Å². The minimum atomic E-state index is -0.0937. The van der Waals surface area contributed by atoms with E-state index in [9.17, 15) is 4.79 Å². The Balaban J connectivity index is 1.87. The second-order valence-corrected chi connectivity index (χ2v) is 4.89. The van der Waals surface area contributed by atoms with E-state index in [2.05, 4.69) is 14.9 Å². The van der Waals surface area contributed by atoms with Gasteiger partial charge in [0.15, 0.2) is 0 Å². The first kappa shape index (κ1) is 14.0. The molecule has 0 aromatic carbocycles. The van der Waals surface area contributed by atoms with Crippen molar-refractivity contribution in [2.75, 3.05) is 31.1 Å².